The molecule has 20 heteroatoms. The molecule has 12 nitrogen and oxygen atoms in total. The molecular formula is Co4O12P4+4. The van der Waals surface area contributed by atoms with E-state index in [2.05, 4.69) is 0 Å². The van der Waals surface area contributed by atoms with E-state index >= 15 is 0 Å². The van der Waals surface area contributed by atoms with E-state index in [0.717, 1.165) is 0 Å². The minimum absolute atomic E-state index is 0. The van der Waals surface area contributed by atoms with Crippen LogP contribution < -0.4 is 39.1 Å². The first-order chi connectivity index (χ1) is 6.93. The molecule has 4 radical (unpaired) electrons. The Morgan fingerprint density at radius 3 is 0.350 bits per heavy atom. The van der Waals surface area contributed by atoms with Crippen LogP contribution >= 0.6 is 33.0 Å². The van der Waals surface area contributed by atoms with Crippen LogP contribution in [0.4, 0.5) is 0 Å². The van der Waals surface area contributed by atoms with Crippen molar-refractivity contribution in [3.8, 4) is 0 Å². The third-order valence-corrected chi connectivity index (χ3v) is 0. The molecule has 0 unspecified atom stereocenters. The molecule has 20 heavy (non-hydrogen) atoms. The Balaban J connectivity index is -0.0000000150. The third kappa shape index (κ3) is 1650. The Kier molecular flexibility index (Phi) is 106. The van der Waals surface area contributed by atoms with Gasteiger partial charge in [-0.1, -0.05) is 18.3 Å². The molecule has 0 spiro atoms. The molecule has 0 amide bonds. The van der Waals surface area contributed by atoms with Gasteiger partial charge in [0.1, 0.15) is 0 Å². The van der Waals surface area contributed by atoms with Gasteiger partial charge in [0.05, 0.1) is 0 Å². The summed E-state index contributed by atoms with van der Waals surface area (Å²) < 4.78 is 33.9. The molecule has 0 saturated carbocycles. The smallest absolute Gasteiger partial charge is 0.598 e. The quantitative estimate of drug-likeness (QED) is 0.255. The van der Waals surface area contributed by atoms with E-state index in [-0.39, 0.29) is 67.1 Å². The predicted molar refractivity (Wildman–Crippen MR) is 30.4 cm³/mol. The Morgan fingerprint density at radius 2 is 0.350 bits per heavy atom. The fourth-order valence-electron chi connectivity index (χ4n) is 0. The van der Waals surface area contributed by atoms with Crippen molar-refractivity contribution in [1.82, 2.24) is 0 Å². The molecule has 0 aromatic carbocycles. The largest absolute Gasteiger partial charge is 2.00 e. The second-order valence-corrected chi connectivity index (χ2v) is 2.68. The fourth-order valence-corrected chi connectivity index (χ4v) is 0. The maximum absolute atomic E-state index is 8.48. The van der Waals surface area contributed by atoms with Crippen molar-refractivity contribution >= 4 is 33.0 Å². The van der Waals surface area contributed by atoms with Crippen molar-refractivity contribution in [3.63, 3.8) is 0 Å². The first-order valence-corrected chi connectivity index (χ1v) is 6.57. The first kappa shape index (κ1) is 49.5. The summed E-state index contributed by atoms with van der Waals surface area (Å²) in [6.07, 6.45) is 0. The van der Waals surface area contributed by atoms with Gasteiger partial charge in [-0.3, -0.25) is 0 Å². The molecule has 124 valence electrons. The van der Waals surface area contributed by atoms with Gasteiger partial charge in [-0.25, -0.2) is 0 Å². The third-order valence-electron chi connectivity index (χ3n) is 0. The summed E-state index contributed by atoms with van der Waals surface area (Å²) in [5, 5.41) is 0. The zero-order valence-electron chi connectivity index (χ0n) is 8.02. The van der Waals surface area contributed by atoms with Crippen molar-refractivity contribution in [2.75, 3.05) is 0 Å². The number of rotatable bonds is 0. The van der Waals surface area contributed by atoms with Gasteiger partial charge in [0.2, 0.25) is 0 Å². The summed E-state index contributed by atoms with van der Waals surface area (Å²) in [6.45, 7) is 0. The van der Waals surface area contributed by atoms with Crippen LogP contribution in [0.5, 0.6) is 0 Å². The topological polar surface area (TPSA) is 253 Å². The normalized spacial score (nSPS) is 5.20. The minimum atomic E-state index is -3.37. The zero-order valence-corrected chi connectivity index (χ0v) is 15.8. The van der Waals surface area contributed by atoms with Gasteiger partial charge in [0.25, 0.3) is 33.0 Å². The van der Waals surface area contributed by atoms with Crippen LogP contribution in [0.1, 0.15) is 0 Å². The van der Waals surface area contributed by atoms with E-state index < -0.39 is 33.0 Å². The van der Waals surface area contributed by atoms with Crippen molar-refractivity contribution in [3.05, 3.63) is 0 Å². The second-order valence-electron chi connectivity index (χ2n) is 0.894. The summed E-state index contributed by atoms with van der Waals surface area (Å²) in [6, 6.07) is 0. The SMILES string of the molecule is O=[P+]([O-])[O-].O=[P+]([O-])[O-].O=[P+]([O-])[O-].O=[P+]([O-])[O-].[Co+2].[Co+2].[Co+2].[Co+2]. The van der Waals surface area contributed by atoms with Gasteiger partial charge in [-0.05, 0) is 0 Å². The molecule has 0 fully saturated rings. The van der Waals surface area contributed by atoms with E-state index in [1.54, 1.807) is 0 Å². The summed E-state index contributed by atoms with van der Waals surface area (Å²) >= 11 is 0. The maximum atomic E-state index is 8.48. The Bertz CT molecular complexity index is 167. The van der Waals surface area contributed by atoms with E-state index in [1.807, 2.05) is 0 Å². The molecule has 0 aliphatic rings. The van der Waals surface area contributed by atoms with Crippen molar-refractivity contribution < 1.29 is 125 Å². The molecule has 0 saturated heterocycles. The van der Waals surface area contributed by atoms with E-state index in [0.29, 0.717) is 0 Å². The van der Waals surface area contributed by atoms with Crippen LogP contribution in [0, 0.1) is 0 Å². The molecule has 0 aromatic heterocycles. The monoisotopic (exact) mass is 552 g/mol. The molecular weight excluding hydrogens is 552 g/mol. The average Bonchev–Trinajstić information content (AvgIpc) is 1.76. The Hall–Kier alpha value is 2.11. The molecule has 0 aliphatic heterocycles. The van der Waals surface area contributed by atoms with Crippen LogP contribution in [0.3, 0.4) is 0 Å². The Morgan fingerprint density at radius 1 is 0.350 bits per heavy atom. The Labute approximate surface area is 157 Å². The molecule has 0 N–H and O–H groups in total. The molecule has 0 bridgehead atoms. The zero-order chi connectivity index (χ0) is 14.3. The summed E-state index contributed by atoms with van der Waals surface area (Å²) in [4.78, 5) is 67.9. The van der Waals surface area contributed by atoms with E-state index in [1.165, 1.54) is 0 Å². The van der Waals surface area contributed by atoms with Crippen LogP contribution in [-0.4, -0.2) is 0 Å². The van der Waals surface area contributed by atoms with Crippen LogP contribution in [0.25, 0.3) is 0 Å². The van der Waals surface area contributed by atoms with Gasteiger partial charge >= 0.3 is 67.1 Å². The average molecular weight is 552 g/mol. The molecule has 0 aliphatic carbocycles. The van der Waals surface area contributed by atoms with Gasteiger partial charge in [0, 0.05) is 0 Å². The van der Waals surface area contributed by atoms with Gasteiger partial charge in [-0.2, -0.15) is 0 Å². The van der Waals surface area contributed by atoms with Crippen molar-refractivity contribution in [2.24, 2.45) is 0 Å². The molecule has 0 aromatic rings. The number of hydrogen-bond acceptors (Lipinski definition) is 12. The van der Waals surface area contributed by atoms with E-state index in [9.17, 15) is 0 Å². The number of hydrogen-bond donors (Lipinski definition) is 0. The van der Waals surface area contributed by atoms with Crippen molar-refractivity contribution in [1.29, 1.82) is 0 Å². The van der Waals surface area contributed by atoms with Gasteiger partial charge in [-0.15, -0.1) is 0 Å². The summed E-state index contributed by atoms with van der Waals surface area (Å²) in [7, 11) is -13.5. The van der Waals surface area contributed by atoms with Crippen molar-refractivity contribution in [2.45, 2.75) is 0 Å². The van der Waals surface area contributed by atoms with Gasteiger partial charge in [0.15, 0.2) is 0 Å². The second kappa shape index (κ2) is 42.9. The fraction of sp³-hybridized carbons (Fsp3) is 0. The van der Waals surface area contributed by atoms with Gasteiger partial charge < -0.3 is 39.1 Å². The molecule has 0 rings (SSSR count). The van der Waals surface area contributed by atoms with Crippen LogP contribution in [-0.2, 0) is 85.4 Å². The van der Waals surface area contributed by atoms with Crippen LogP contribution in [0.15, 0.2) is 0 Å². The maximum Gasteiger partial charge on any atom is 2.00 e. The summed E-state index contributed by atoms with van der Waals surface area (Å²) in [5.74, 6) is 0. The minimum Gasteiger partial charge on any atom is -0.598 e. The van der Waals surface area contributed by atoms with E-state index in [4.69, 9.17) is 57.4 Å². The molecule has 0 atom stereocenters. The molecule has 0 heterocycles. The standard InChI is InChI=1S/4Co.4HO3P/c;;;;4*1-4(2)3/h;;;;4*(H,1,2,3)/q4*+2;;;;/p-4. The predicted octanol–water partition coefficient (Wildman–Crippen LogP) is -6.55. The summed E-state index contributed by atoms with van der Waals surface area (Å²) in [5.41, 5.74) is 0. The first-order valence-electron chi connectivity index (χ1n) is 2.19. The van der Waals surface area contributed by atoms with Crippen LogP contribution in [0.2, 0.25) is 0 Å².